The van der Waals surface area contributed by atoms with Gasteiger partial charge in [-0.05, 0) is 25.3 Å². The van der Waals surface area contributed by atoms with E-state index < -0.39 is 0 Å². The first kappa shape index (κ1) is 12.0. The number of rotatable bonds is 2. The zero-order valence-electron chi connectivity index (χ0n) is 10.9. The van der Waals surface area contributed by atoms with Crippen molar-refractivity contribution in [2.24, 2.45) is 0 Å². The van der Waals surface area contributed by atoms with E-state index in [0.29, 0.717) is 5.69 Å². The van der Waals surface area contributed by atoms with E-state index in [1.807, 2.05) is 37.3 Å². The molecule has 1 aliphatic heterocycles. The molecule has 0 radical (unpaired) electrons. The normalized spacial score (nSPS) is 15.6. The third-order valence-electron chi connectivity index (χ3n) is 3.83. The lowest BCUT2D eigenvalue weighted by Crippen LogP contribution is -2.09. The van der Waals surface area contributed by atoms with Gasteiger partial charge < -0.3 is 15.5 Å². The van der Waals surface area contributed by atoms with Gasteiger partial charge in [-0.2, -0.15) is 0 Å². The third-order valence-corrected chi connectivity index (χ3v) is 3.83. The molecular formula is C15H18N2O2. The maximum absolute atomic E-state index is 10.4. The maximum Gasteiger partial charge on any atom is 0.218 e. The molecule has 1 unspecified atom stereocenters. The largest absolute Gasteiger partial charge is 0.494 e. The van der Waals surface area contributed by atoms with Crippen LogP contribution in [-0.2, 0) is 6.42 Å². The molecule has 3 N–H and O–H groups in total. The quantitative estimate of drug-likeness (QED) is 0.776. The van der Waals surface area contributed by atoms with E-state index in [0.717, 1.165) is 30.5 Å². The minimum atomic E-state index is -0.103. The molecule has 1 aromatic carbocycles. The monoisotopic (exact) mass is 258 g/mol. The van der Waals surface area contributed by atoms with Crippen molar-refractivity contribution in [1.82, 2.24) is 4.57 Å². The van der Waals surface area contributed by atoms with Crippen molar-refractivity contribution in [3.63, 3.8) is 0 Å². The number of hydrogen-bond acceptors (Lipinski definition) is 3. The molecule has 1 aliphatic rings. The number of fused-ring (bicyclic) bond motifs is 1. The van der Waals surface area contributed by atoms with Crippen molar-refractivity contribution in [2.45, 2.75) is 25.8 Å². The van der Waals surface area contributed by atoms with Gasteiger partial charge in [-0.1, -0.05) is 30.3 Å². The summed E-state index contributed by atoms with van der Waals surface area (Å²) >= 11 is 0. The van der Waals surface area contributed by atoms with Crippen LogP contribution in [-0.4, -0.2) is 21.3 Å². The Hall–Kier alpha value is -2.10. The average molecular weight is 258 g/mol. The van der Waals surface area contributed by atoms with E-state index >= 15 is 0 Å². The Kier molecular flexibility index (Phi) is 2.85. The summed E-state index contributed by atoms with van der Waals surface area (Å²) in [6.07, 6.45) is 1.78. The van der Waals surface area contributed by atoms with Crippen molar-refractivity contribution in [3.05, 3.63) is 41.5 Å². The Morgan fingerprint density at radius 2 is 1.89 bits per heavy atom. The number of nitrogens with one attached hydrogen (secondary N) is 1. The van der Waals surface area contributed by atoms with E-state index in [2.05, 4.69) is 5.32 Å². The highest BCUT2D eigenvalue weighted by Crippen LogP contribution is 2.44. The Labute approximate surface area is 112 Å². The summed E-state index contributed by atoms with van der Waals surface area (Å²) < 4.78 is 1.60. The molecule has 1 aromatic heterocycles. The predicted octanol–water partition coefficient (Wildman–Crippen LogP) is 2.87. The fourth-order valence-electron chi connectivity index (χ4n) is 2.76. The number of anilines is 1. The smallest absolute Gasteiger partial charge is 0.218 e. The van der Waals surface area contributed by atoms with Gasteiger partial charge in [0.05, 0.1) is 6.04 Å². The molecule has 2 heterocycles. The first-order chi connectivity index (χ1) is 9.20. The number of aromatic hydroxyl groups is 2. The van der Waals surface area contributed by atoms with E-state index in [1.165, 1.54) is 0 Å². The van der Waals surface area contributed by atoms with E-state index in [-0.39, 0.29) is 17.8 Å². The average Bonchev–Trinajstić information content (AvgIpc) is 2.72. The van der Waals surface area contributed by atoms with Crippen molar-refractivity contribution in [1.29, 1.82) is 0 Å². The maximum atomic E-state index is 10.4. The molecule has 0 spiro atoms. The number of hydrogen-bond donors (Lipinski definition) is 3. The molecule has 19 heavy (non-hydrogen) atoms. The molecule has 4 nitrogen and oxygen atoms in total. The first-order valence-electron chi connectivity index (χ1n) is 6.64. The zero-order valence-corrected chi connectivity index (χ0v) is 10.9. The molecule has 2 aromatic rings. The van der Waals surface area contributed by atoms with E-state index in [4.69, 9.17) is 0 Å². The molecule has 4 heteroatoms. The number of aromatic nitrogens is 1. The third kappa shape index (κ3) is 1.84. The van der Waals surface area contributed by atoms with Crippen molar-refractivity contribution in [3.8, 4) is 11.8 Å². The zero-order chi connectivity index (χ0) is 13.4. The van der Waals surface area contributed by atoms with E-state index in [9.17, 15) is 10.2 Å². The fourth-order valence-corrected chi connectivity index (χ4v) is 2.76. The lowest BCUT2D eigenvalue weighted by molar-refractivity contribution is 0.356. The molecule has 1 atom stereocenters. The molecule has 0 bridgehead atoms. The minimum Gasteiger partial charge on any atom is -0.494 e. The van der Waals surface area contributed by atoms with Crippen LogP contribution in [0.25, 0.3) is 0 Å². The highest BCUT2D eigenvalue weighted by atomic mass is 16.3. The topological polar surface area (TPSA) is 57.4 Å². The number of nitrogens with zero attached hydrogens (tertiary/aromatic N) is 1. The Bertz CT molecular complexity index is 560. The molecule has 0 fully saturated rings. The van der Waals surface area contributed by atoms with Crippen LogP contribution >= 0.6 is 0 Å². The molecule has 0 saturated carbocycles. The molecule has 0 amide bonds. The van der Waals surface area contributed by atoms with E-state index in [1.54, 1.807) is 4.57 Å². The fraction of sp³-hybridized carbons (Fsp3) is 0.333. The van der Waals surface area contributed by atoms with Gasteiger partial charge in [-0.3, -0.25) is 4.57 Å². The lowest BCUT2D eigenvalue weighted by Gasteiger charge is -2.16. The van der Waals surface area contributed by atoms with Crippen molar-refractivity contribution >= 4 is 5.69 Å². The molecular weight excluding hydrogens is 240 g/mol. The van der Waals surface area contributed by atoms with Crippen molar-refractivity contribution in [2.75, 3.05) is 11.9 Å². The Morgan fingerprint density at radius 3 is 2.58 bits per heavy atom. The van der Waals surface area contributed by atoms with Gasteiger partial charge in [0.15, 0.2) is 5.88 Å². The molecule has 3 rings (SSSR count). The molecule has 0 aliphatic carbocycles. The highest BCUT2D eigenvalue weighted by Gasteiger charge is 2.27. The van der Waals surface area contributed by atoms with Crippen molar-refractivity contribution < 1.29 is 10.2 Å². The number of benzene rings is 1. The molecule has 0 saturated heterocycles. The van der Waals surface area contributed by atoms with Crippen LogP contribution in [0.4, 0.5) is 5.69 Å². The summed E-state index contributed by atoms with van der Waals surface area (Å²) in [5, 5.41) is 23.8. The Morgan fingerprint density at radius 1 is 1.16 bits per heavy atom. The standard InChI is InChI=1S/C15H18N2O2/c1-10(11-6-3-2-4-7-11)17-14(18)12-8-5-9-16-13(12)15(17)19/h2-4,6-7,10,16,18-19H,5,8-9H2,1H3. The van der Waals surface area contributed by atoms with Gasteiger partial charge in [-0.25, -0.2) is 0 Å². The van der Waals surface area contributed by atoms with Crippen LogP contribution in [0.5, 0.6) is 11.8 Å². The van der Waals surface area contributed by atoms with Gasteiger partial charge in [0.2, 0.25) is 5.88 Å². The summed E-state index contributed by atoms with van der Waals surface area (Å²) in [6.45, 7) is 2.81. The minimum absolute atomic E-state index is 0.103. The second-order valence-electron chi connectivity index (χ2n) is 4.99. The summed E-state index contributed by atoms with van der Waals surface area (Å²) in [7, 11) is 0. The van der Waals surface area contributed by atoms with Crippen LogP contribution < -0.4 is 5.32 Å². The van der Waals surface area contributed by atoms with Crippen LogP contribution in [0, 0.1) is 0 Å². The van der Waals surface area contributed by atoms with Crippen LogP contribution in [0.3, 0.4) is 0 Å². The van der Waals surface area contributed by atoms with Gasteiger partial charge in [-0.15, -0.1) is 0 Å². The summed E-state index contributed by atoms with van der Waals surface area (Å²) in [4.78, 5) is 0. The lowest BCUT2D eigenvalue weighted by atomic mass is 10.1. The van der Waals surface area contributed by atoms with Crippen LogP contribution in [0.2, 0.25) is 0 Å². The van der Waals surface area contributed by atoms with Gasteiger partial charge >= 0.3 is 0 Å². The molecule has 100 valence electrons. The second kappa shape index (κ2) is 4.53. The van der Waals surface area contributed by atoms with Gasteiger partial charge in [0, 0.05) is 12.1 Å². The SMILES string of the molecule is CC(c1ccccc1)n1c(O)c2c(c1O)NCCC2. The summed E-state index contributed by atoms with van der Waals surface area (Å²) in [5.74, 6) is 0.305. The van der Waals surface area contributed by atoms with Gasteiger partial charge in [0.1, 0.15) is 5.69 Å². The highest BCUT2D eigenvalue weighted by molar-refractivity contribution is 5.66. The van der Waals surface area contributed by atoms with Crippen LogP contribution in [0.1, 0.15) is 30.5 Å². The summed E-state index contributed by atoms with van der Waals surface area (Å²) in [5.41, 5.74) is 2.57. The van der Waals surface area contributed by atoms with Gasteiger partial charge in [0.25, 0.3) is 0 Å². The first-order valence-corrected chi connectivity index (χ1v) is 6.64. The van der Waals surface area contributed by atoms with Crippen LogP contribution in [0.15, 0.2) is 30.3 Å². The summed E-state index contributed by atoms with van der Waals surface area (Å²) in [6, 6.07) is 9.77. The second-order valence-corrected chi connectivity index (χ2v) is 4.99. The Balaban J connectivity index is 2.08. The predicted molar refractivity (Wildman–Crippen MR) is 74.8 cm³/mol.